The quantitative estimate of drug-likeness (QED) is 0.644. The number of allylic oxidation sites excluding steroid dienone is 2. The van der Waals surface area contributed by atoms with E-state index in [1.165, 1.54) is 0 Å². The molecular formula is C11H16O3. The Balaban J connectivity index is 2.22. The summed E-state index contributed by atoms with van der Waals surface area (Å²) in [6.07, 6.45) is 6.27. The molecule has 0 N–H and O–H groups in total. The smallest absolute Gasteiger partial charge is 0.305 e. The third-order valence-corrected chi connectivity index (χ3v) is 2.34. The summed E-state index contributed by atoms with van der Waals surface area (Å²) < 4.78 is 4.82. The van der Waals surface area contributed by atoms with Gasteiger partial charge in [0.15, 0.2) is 5.78 Å². The standard InChI is InChI=1S/C11H16O3/c1-2-14-11(13)8-5-9-3-6-10(12)7-4-9/h3,6,9H,2,4-5,7-8H2,1H3. The fourth-order valence-electron chi connectivity index (χ4n) is 1.53. The van der Waals surface area contributed by atoms with Gasteiger partial charge in [-0.1, -0.05) is 6.08 Å². The first-order chi connectivity index (χ1) is 6.72. The van der Waals surface area contributed by atoms with Crippen molar-refractivity contribution >= 4 is 11.8 Å². The molecule has 0 saturated carbocycles. The molecule has 14 heavy (non-hydrogen) atoms. The lowest BCUT2D eigenvalue weighted by Crippen LogP contribution is -2.11. The van der Waals surface area contributed by atoms with Crippen molar-refractivity contribution in [2.45, 2.75) is 32.6 Å². The SMILES string of the molecule is CCOC(=O)CCC1C=CC(=O)CC1. The number of hydrogen-bond acceptors (Lipinski definition) is 3. The Morgan fingerprint density at radius 1 is 1.64 bits per heavy atom. The molecule has 0 spiro atoms. The zero-order valence-corrected chi connectivity index (χ0v) is 8.49. The fourth-order valence-corrected chi connectivity index (χ4v) is 1.53. The molecule has 0 aromatic carbocycles. The second-order valence-electron chi connectivity index (χ2n) is 3.47. The number of rotatable bonds is 4. The summed E-state index contributed by atoms with van der Waals surface area (Å²) in [5.74, 6) is 0.423. The summed E-state index contributed by atoms with van der Waals surface area (Å²) in [5.41, 5.74) is 0. The molecule has 0 radical (unpaired) electrons. The van der Waals surface area contributed by atoms with Gasteiger partial charge in [0.2, 0.25) is 0 Å². The molecule has 1 aliphatic carbocycles. The van der Waals surface area contributed by atoms with Crippen LogP contribution < -0.4 is 0 Å². The van der Waals surface area contributed by atoms with Crippen LogP contribution in [0.25, 0.3) is 0 Å². The summed E-state index contributed by atoms with van der Waals surface area (Å²) >= 11 is 0. The van der Waals surface area contributed by atoms with Gasteiger partial charge in [-0.2, -0.15) is 0 Å². The summed E-state index contributed by atoms with van der Waals surface area (Å²) in [5, 5.41) is 0. The molecule has 1 atom stereocenters. The molecule has 1 aliphatic rings. The van der Waals surface area contributed by atoms with E-state index in [-0.39, 0.29) is 11.8 Å². The van der Waals surface area contributed by atoms with Gasteiger partial charge in [-0.05, 0) is 31.8 Å². The third kappa shape index (κ3) is 3.73. The van der Waals surface area contributed by atoms with Gasteiger partial charge in [0.25, 0.3) is 0 Å². The van der Waals surface area contributed by atoms with Crippen LogP contribution in [0.4, 0.5) is 0 Å². The van der Waals surface area contributed by atoms with Gasteiger partial charge in [-0.25, -0.2) is 0 Å². The Hall–Kier alpha value is -1.12. The highest BCUT2D eigenvalue weighted by atomic mass is 16.5. The van der Waals surface area contributed by atoms with E-state index in [4.69, 9.17) is 4.74 Å². The monoisotopic (exact) mass is 196 g/mol. The van der Waals surface area contributed by atoms with Crippen molar-refractivity contribution in [3.8, 4) is 0 Å². The maximum atomic E-state index is 11.0. The van der Waals surface area contributed by atoms with Crippen molar-refractivity contribution < 1.29 is 14.3 Å². The molecule has 0 amide bonds. The number of ketones is 1. The minimum atomic E-state index is -0.141. The highest BCUT2D eigenvalue weighted by Crippen LogP contribution is 2.19. The molecule has 0 fully saturated rings. The number of ether oxygens (including phenoxy) is 1. The van der Waals surface area contributed by atoms with Crippen LogP contribution in [0, 0.1) is 5.92 Å². The summed E-state index contributed by atoms with van der Waals surface area (Å²) in [4.78, 5) is 21.9. The van der Waals surface area contributed by atoms with Crippen LogP contribution in [0.2, 0.25) is 0 Å². The molecular weight excluding hydrogens is 180 g/mol. The first-order valence-corrected chi connectivity index (χ1v) is 5.09. The molecule has 78 valence electrons. The first kappa shape index (κ1) is 11.0. The molecule has 0 bridgehead atoms. The Kier molecular flexibility index (Phi) is 4.36. The van der Waals surface area contributed by atoms with Crippen LogP contribution in [0.1, 0.15) is 32.6 Å². The number of esters is 1. The predicted octanol–water partition coefficient (Wildman–Crippen LogP) is 1.86. The number of hydrogen-bond donors (Lipinski definition) is 0. The second kappa shape index (κ2) is 5.58. The van der Waals surface area contributed by atoms with Crippen molar-refractivity contribution in [3.63, 3.8) is 0 Å². The van der Waals surface area contributed by atoms with Crippen molar-refractivity contribution in [1.29, 1.82) is 0 Å². The van der Waals surface area contributed by atoms with Gasteiger partial charge in [0.05, 0.1) is 6.61 Å². The van der Waals surface area contributed by atoms with E-state index in [1.54, 1.807) is 13.0 Å². The van der Waals surface area contributed by atoms with Crippen molar-refractivity contribution in [3.05, 3.63) is 12.2 Å². The fraction of sp³-hybridized carbons (Fsp3) is 0.636. The van der Waals surface area contributed by atoms with Crippen LogP contribution >= 0.6 is 0 Å². The van der Waals surface area contributed by atoms with E-state index >= 15 is 0 Å². The predicted molar refractivity (Wildman–Crippen MR) is 52.7 cm³/mol. The maximum Gasteiger partial charge on any atom is 0.305 e. The van der Waals surface area contributed by atoms with E-state index in [2.05, 4.69) is 0 Å². The van der Waals surface area contributed by atoms with Crippen LogP contribution in [0.3, 0.4) is 0 Å². The van der Waals surface area contributed by atoms with Crippen molar-refractivity contribution in [1.82, 2.24) is 0 Å². The lowest BCUT2D eigenvalue weighted by Gasteiger charge is -2.14. The van der Waals surface area contributed by atoms with E-state index < -0.39 is 0 Å². The van der Waals surface area contributed by atoms with E-state index in [9.17, 15) is 9.59 Å². The highest BCUT2D eigenvalue weighted by molar-refractivity contribution is 5.90. The van der Waals surface area contributed by atoms with Gasteiger partial charge >= 0.3 is 5.97 Å². The van der Waals surface area contributed by atoms with Gasteiger partial charge in [0.1, 0.15) is 0 Å². The van der Waals surface area contributed by atoms with Gasteiger partial charge < -0.3 is 4.74 Å². The Labute approximate surface area is 84.1 Å². The van der Waals surface area contributed by atoms with Gasteiger partial charge in [-0.3, -0.25) is 9.59 Å². The molecule has 0 aromatic heterocycles. The lowest BCUT2D eigenvalue weighted by atomic mass is 9.91. The second-order valence-corrected chi connectivity index (χ2v) is 3.47. The Morgan fingerprint density at radius 2 is 2.43 bits per heavy atom. The van der Waals surface area contributed by atoms with Crippen LogP contribution in [0.15, 0.2) is 12.2 Å². The van der Waals surface area contributed by atoms with Crippen LogP contribution in [0.5, 0.6) is 0 Å². The van der Waals surface area contributed by atoms with Gasteiger partial charge in [-0.15, -0.1) is 0 Å². The average molecular weight is 196 g/mol. The molecule has 3 nitrogen and oxygen atoms in total. The zero-order valence-electron chi connectivity index (χ0n) is 8.49. The zero-order chi connectivity index (χ0) is 10.4. The normalized spacial score (nSPS) is 20.9. The van der Waals surface area contributed by atoms with E-state index in [0.717, 1.165) is 12.8 Å². The number of carbonyl (C=O) groups excluding carboxylic acids is 2. The molecule has 0 aliphatic heterocycles. The summed E-state index contributed by atoms with van der Waals surface area (Å²) in [6.45, 7) is 2.24. The molecule has 0 heterocycles. The van der Waals surface area contributed by atoms with E-state index in [1.807, 2.05) is 6.08 Å². The topological polar surface area (TPSA) is 43.4 Å². The Morgan fingerprint density at radius 3 is 3.00 bits per heavy atom. The summed E-state index contributed by atoms with van der Waals surface area (Å²) in [6, 6.07) is 0. The first-order valence-electron chi connectivity index (χ1n) is 5.09. The minimum absolute atomic E-state index is 0.141. The Bertz CT molecular complexity index is 243. The number of carbonyl (C=O) groups is 2. The third-order valence-electron chi connectivity index (χ3n) is 2.34. The van der Waals surface area contributed by atoms with Crippen LogP contribution in [-0.4, -0.2) is 18.4 Å². The molecule has 1 rings (SSSR count). The molecule has 1 unspecified atom stereocenters. The lowest BCUT2D eigenvalue weighted by molar-refractivity contribution is -0.143. The van der Waals surface area contributed by atoms with E-state index in [0.29, 0.717) is 25.4 Å². The summed E-state index contributed by atoms with van der Waals surface area (Å²) in [7, 11) is 0. The van der Waals surface area contributed by atoms with Gasteiger partial charge in [0, 0.05) is 12.8 Å². The highest BCUT2D eigenvalue weighted by Gasteiger charge is 2.14. The molecule has 3 heteroatoms. The van der Waals surface area contributed by atoms with Crippen molar-refractivity contribution in [2.24, 2.45) is 5.92 Å². The maximum absolute atomic E-state index is 11.0. The largest absolute Gasteiger partial charge is 0.466 e. The average Bonchev–Trinajstić information content (AvgIpc) is 2.17. The van der Waals surface area contributed by atoms with Crippen molar-refractivity contribution in [2.75, 3.05) is 6.61 Å². The molecule has 0 saturated heterocycles. The molecule has 0 aromatic rings. The van der Waals surface area contributed by atoms with Crippen LogP contribution in [-0.2, 0) is 14.3 Å². The minimum Gasteiger partial charge on any atom is -0.466 e.